The van der Waals surface area contributed by atoms with Crippen molar-refractivity contribution in [1.82, 2.24) is 5.32 Å². The number of unbranched alkanes of at least 4 members (excludes halogenated alkanes) is 1. The fraction of sp³-hybridized carbons (Fsp3) is 0.600. The van der Waals surface area contributed by atoms with Gasteiger partial charge in [0.2, 0.25) is 0 Å². The van der Waals surface area contributed by atoms with Crippen molar-refractivity contribution in [2.75, 3.05) is 24.6 Å². The predicted molar refractivity (Wildman–Crippen MR) is 79.9 cm³/mol. The molecule has 0 saturated heterocycles. The van der Waals surface area contributed by atoms with Crippen molar-refractivity contribution in [3.05, 3.63) is 35.9 Å². The second kappa shape index (κ2) is 10.7. The van der Waals surface area contributed by atoms with Crippen molar-refractivity contribution < 1.29 is 0 Å². The number of rotatable bonds is 10. The van der Waals surface area contributed by atoms with Crippen molar-refractivity contribution in [2.45, 2.75) is 32.6 Å². The van der Waals surface area contributed by atoms with Crippen LogP contribution in [0, 0.1) is 0 Å². The van der Waals surface area contributed by atoms with E-state index in [0.29, 0.717) is 0 Å². The van der Waals surface area contributed by atoms with E-state index in [0.717, 1.165) is 0 Å². The van der Waals surface area contributed by atoms with Crippen LogP contribution < -0.4 is 5.32 Å². The Morgan fingerprint density at radius 1 is 1.00 bits per heavy atom. The molecule has 1 aromatic rings. The molecular formula is C15H25NS. The maximum atomic E-state index is 3.52. The molecule has 1 aromatic carbocycles. The topological polar surface area (TPSA) is 12.0 Å². The second-order valence-electron chi connectivity index (χ2n) is 4.24. The van der Waals surface area contributed by atoms with Gasteiger partial charge in [0.25, 0.3) is 0 Å². The summed E-state index contributed by atoms with van der Waals surface area (Å²) in [6, 6.07) is 10.8. The van der Waals surface area contributed by atoms with E-state index in [9.17, 15) is 0 Å². The summed E-state index contributed by atoms with van der Waals surface area (Å²) < 4.78 is 0. The van der Waals surface area contributed by atoms with Crippen molar-refractivity contribution in [2.24, 2.45) is 0 Å². The molecule has 96 valence electrons. The Bertz CT molecular complexity index is 261. The molecule has 2 heteroatoms. The number of aryl methyl sites for hydroxylation is 1. The Morgan fingerprint density at radius 3 is 2.53 bits per heavy atom. The first-order chi connectivity index (χ1) is 8.43. The van der Waals surface area contributed by atoms with Crippen LogP contribution in [0.4, 0.5) is 0 Å². The molecule has 0 unspecified atom stereocenters. The molecule has 0 aliphatic rings. The van der Waals surface area contributed by atoms with Crippen molar-refractivity contribution >= 4 is 11.8 Å². The molecule has 0 amide bonds. The van der Waals surface area contributed by atoms with Gasteiger partial charge in [-0.1, -0.05) is 37.3 Å². The van der Waals surface area contributed by atoms with Gasteiger partial charge in [-0.3, -0.25) is 0 Å². The zero-order valence-corrected chi connectivity index (χ0v) is 11.8. The molecule has 1 N–H and O–H groups in total. The van der Waals surface area contributed by atoms with Crippen LogP contribution in [0.5, 0.6) is 0 Å². The highest BCUT2D eigenvalue weighted by Crippen LogP contribution is 2.04. The largest absolute Gasteiger partial charge is 0.317 e. The van der Waals surface area contributed by atoms with E-state index >= 15 is 0 Å². The lowest BCUT2D eigenvalue weighted by Crippen LogP contribution is -2.17. The SMILES string of the molecule is CCSCCCNCCCCc1ccccc1. The third-order valence-electron chi connectivity index (χ3n) is 2.76. The molecule has 0 radical (unpaired) electrons. The average molecular weight is 251 g/mol. The molecule has 0 saturated carbocycles. The molecule has 1 nitrogen and oxygen atoms in total. The molecule has 0 aromatic heterocycles. The Labute approximate surface area is 110 Å². The van der Waals surface area contributed by atoms with Gasteiger partial charge >= 0.3 is 0 Å². The molecule has 1 rings (SSSR count). The maximum Gasteiger partial charge on any atom is -0.00411 e. The third kappa shape index (κ3) is 8.28. The standard InChI is InChI=1S/C15H25NS/c1-2-17-14-8-13-16-12-7-6-11-15-9-4-3-5-10-15/h3-5,9-10,16H,2,6-8,11-14H2,1H3. The highest BCUT2D eigenvalue weighted by atomic mass is 32.2. The molecule has 0 spiro atoms. The van der Waals surface area contributed by atoms with Crippen molar-refractivity contribution in [3.8, 4) is 0 Å². The number of nitrogens with one attached hydrogen (secondary N) is 1. The van der Waals surface area contributed by atoms with Gasteiger partial charge in [0.15, 0.2) is 0 Å². The van der Waals surface area contributed by atoms with Gasteiger partial charge in [-0.25, -0.2) is 0 Å². The summed E-state index contributed by atoms with van der Waals surface area (Å²) in [5, 5.41) is 3.52. The first-order valence-corrected chi connectivity index (χ1v) is 7.91. The van der Waals surface area contributed by atoms with Gasteiger partial charge in [0.05, 0.1) is 0 Å². The monoisotopic (exact) mass is 251 g/mol. The van der Waals surface area contributed by atoms with Crippen LogP contribution in [0.1, 0.15) is 31.7 Å². The first-order valence-electron chi connectivity index (χ1n) is 6.76. The lowest BCUT2D eigenvalue weighted by molar-refractivity contribution is 0.618. The summed E-state index contributed by atoms with van der Waals surface area (Å²) >= 11 is 2.03. The van der Waals surface area contributed by atoms with E-state index in [1.54, 1.807) is 0 Å². The third-order valence-corrected chi connectivity index (χ3v) is 3.74. The summed E-state index contributed by atoms with van der Waals surface area (Å²) in [6.07, 6.45) is 5.10. The summed E-state index contributed by atoms with van der Waals surface area (Å²) in [5.41, 5.74) is 1.46. The Morgan fingerprint density at radius 2 is 1.76 bits per heavy atom. The van der Waals surface area contributed by atoms with Gasteiger partial charge < -0.3 is 5.32 Å². The van der Waals surface area contributed by atoms with Gasteiger partial charge in [0, 0.05) is 0 Å². The van der Waals surface area contributed by atoms with Gasteiger partial charge in [-0.05, 0) is 55.8 Å². The summed E-state index contributed by atoms with van der Waals surface area (Å²) in [6.45, 7) is 4.57. The van der Waals surface area contributed by atoms with E-state index in [4.69, 9.17) is 0 Å². The van der Waals surface area contributed by atoms with E-state index in [2.05, 4.69) is 42.6 Å². The molecular weight excluding hydrogens is 226 g/mol. The van der Waals surface area contributed by atoms with Crippen molar-refractivity contribution in [1.29, 1.82) is 0 Å². The molecule has 0 heterocycles. The number of hydrogen-bond acceptors (Lipinski definition) is 2. The molecule has 0 bridgehead atoms. The van der Waals surface area contributed by atoms with Crippen LogP contribution in [0.15, 0.2) is 30.3 Å². The lowest BCUT2D eigenvalue weighted by Gasteiger charge is -2.04. The molecule has 0 aliphatic carbocycles. The summed E-state index contributed by atoms with van der Waals surface area (Å²) in [4.78, 5) is 0. The van der Waals surface area contributed by atoms with Crippen LogP contribution in [0.25, 0.3) is 0 Å². The fourth-order valence-electron chi connectivity index (χ4n) is 1.79. The minimum Gasteiger partial charge on any atom is -0.317 e. The molecule has 17 heavy (non-hydrogen) atoms. The maximum absolute atomic E-state index is 3.52. The zero-order valence-electron chi connectivity index (χ0n) is 11.0. The van der Waals surface area contributed by atoms with E-state index in [1.165, 1.54) is 55.8 Å². The first kappa shape index (κ1) is 14.6. The quantitative estimate of drug-likeness (QED) is 0.636. The van der Waals surface area contributed by atoms with Crippen LogP contribution in [0.2, 0.25) is 0 Å². The van der Waals surface area contributed by atoms with Gasteiger partial charge in [0.1, 0.15) is 0 Å². The van der Waals surface area contributed by atoms with E-state index in [1.807, 2.05) is 11.8 Å². The Balaban J connectivity index is 1.85. The Hall–Kier alpha value is -0.470. The average Bonchev–Trinajstić information content (AvgIpc) is 2.38. The normalized spacial score (nSPS) is 10.6. The van der Waals surface area contributed by atoms with Crippen LogP contribution >= 0.6 is 11.8 Å². The van der Waals surface area contributed by atoms with E-state index in [-0.39, 0.29) is 0 Å². The molecule has 0 atom stereocenters. The minimum atomic E-state index is 1.17. The predicted octanol–water partition coefficient (Wildman–Crippen LogP) is 3.74. The van der Waals surface area contributed by atoms with Crippen LogP contribution in [-0.4, -0.2) is 24.6 Å². The second-order valence-corrected chi connectivity index (χ2v) is 5.64. The zero-order chi connectivity index (χ0) is 12.2. The van der Waals surface area contributed by atoms with Crippen LogP contribution in [-0.2, 0) is 6.42 Å². The smallest absolute Gasteiger partial charge is 0.00411 e. The Kier molecular flexibility index (Phi) is 9.16. The highest BCUT2D eigenvalue weighted by molar-refractivity contribution is 7.99. The number of benzene rings is 1. The van der Waals surface area contributed by atoms with Crippen LogP contribution in [0.3, 0.4) is 0 Å². The lowest BCUT2D eigenvalue weighted by atomic mass is 10.1. The number of thioether (sulfide) groups is 1. The van der Waals surface area contributed by atoms with E-state index < -0.39 is 0 Å². The van der Waals surface area contributed by atoms with Gasteiger partial charge in [-0.2, -0.15) is 11.8 Å². The molecule has 0 fully saturated rings. The molecule has 0 aliphatic heterocycles. The summed E-state index contributed by atoms with van der Waals surface area (Å²) in [7, 11) is 0. The minimum absolute atomic E-state index is 1.17. The van der Waals surface area contributed by atoms with Gasteiger partial charge in [-0.15, -0.1) is 0 Å². The highest BCUT2D eigenvalue weighted by Gasteiger charge is 1.92. The summed E-state index contributed by atoms with van der Waals surface area (Å²) in [5.74, 6) is 2.55. The van der Waals surface area contributed by atoms with Crippen molar-refractivity contribution in [3.63, 3.8) is 0 Å². The fourth-order valence-corrected chi connectivity index (χ4v) is 2.43. The number of hydrogen-bond donors (Lipinski definition) is 1.